The van der Waals surface area contributed by atoms with E-state index in [9.17, 15) is 5.11 Å². The van der Waals surface area contributed by atoms with Crippen molar-refractivity contribution in [1.82, 2.24) is 4.57 Å². The fourth-order valence-electron chi connectivity index (χ4n) is 1.34. The van der Waals surface area contributed by atoms with E-state index in [-0.39, 0.29) is 5.90 Å². The molecule has 0 fully saturated rings. The first-order valence-electron chi connectivity index (χ1n) is 4.97. The lowest BCUT2D eigenvalue weighted by molar-refractivity contribution is -0.674. The molecule has 1 aromatic heterocycles. The summed E-state index contributed by atoms with van der Waals surface area (Å²) in [7, 11) is 1.86. The molecule has 0 aliphatic heterocycles. The highest BCUT2D eigenvalue weighted by molar-refractivity contribution is 5.85. The fourth-order valence-corrected chi connectivity index (χ4v) is 1.34. The average molecular weight is 195 g/mol. The van der Waals surface area contributed by atoms with Gasteiger partial charge in [-0.3, -0.25) is 4.99 Å². The smallest absolute Gasteiger partial charge is 0.291 e. The predicted molar refractivity (Wildman–Crippen MR) is 53.0 cm³/mol. The van der Waals surface area contributed by atoms with Gasteiger partial charge in [-0.05, 0) is 13.3 Å². The highest BCUT2D eigenvalue weighted by Gasteiger charge is 2.12. The summed E-state index contributed by atoms with van der Waals surface area (Å²) >= 11 is 0. The summed E-state index contributed by atoms with van der Waals surface area (Å²) in [5.74, 6) is 0.530. The van der Waals surface area contributed by atoms with Gasteiger partial charge in [0.05, 0.1) is 19.5 Å². The molecule has 0 saturated carbocycles. The molecule has 0 aliphatic carbocycles. The van der Waals surface area contributed by atoms with Crippen LogP contribution in [0.4, 0.5) is 0 Å². The van der Waals surface area contributed by atoms with E-state index >= 15 is 0 Å². The SMILES string of the molecule is CCCN=C([O-])c1n(CC)cc[n+]1C. The van der Waals surface area contributed by atoms with Crippen LogP contribution in [0.3, 0.4) is 0 Å². The van der Waals surface area contributed by atoms with Crippen LogP contribution >= 0.6 is 0 Å². The molecule has 0 atom stereocenters. The minimum Gasteiger partial charge on any atom is -0.853 e. The molecule has 0 bridgehead atoms. The highest BCUT2D eigenvalue weighted by Crippen LogP contribution is 1.94. The largest absolute Gasteiger partial charge is 0.853 e. The fraction of sp³-hybridized carbons (Fsp3) is 0.600. The summed E-state index contributed by atoms with van der Waals surface area (Å²) in [5.41, 5.74) is 0. The van der Waals surface area contributed by atoms with Crippen LogP contribution in [0, 0.1) is 0 Å². The maximum Gasteiger partial charge on any atom is 0.291 e. The second-order valence-corrected chi connectivity index (χ2v) is 3.21. The van der Waals surface area contributed by atoms with E-state index in [1.165, 1.54) is 0 Å². The van der Waals surface area contributed by atoms with Gasteiger partial charge >= 0.3 is 0 Å². The van der Waals surface area contributed by atoms with E-state index in [1.807, 2.05) is 42.4 Å². The Labute approximate surface area is 84.5 Å². The number of hydrogen-bond donors (Lipinski definition) is 0. The van der Waals surface area contributed by atoms with Crippen molar-refractivity contribution in [2.75, 3.05) is 6.54 Å². The molecular weight excluding hydrogens is 178 g/mol. The van der Waals surface area contributed by atoms with Gasteiger partial charge in [0, 0.05) is 6.54 Å². The zero-order valence-electron chi connectivity index (χ0n) is 9.03. The Morgan fingerprint density at radius 1 is 1.57 bits per heavy atom. The summed E-state index contributed by atoms with van der Waals surface area (Å²) in [6, 6.07) is 0. The molecular formula is C10H17N3O. The lowest BCUT2D eigenvalue weighted by Crippen LogP contribution is -2.40. The van der Waals surface area contributed by atoms with Gasteiger partial charge in [-0.1, -0.05) is 6.92 Å². The maximum absolute atomic E-state index is 11.7. The average Bonchev–Trinajstić information content (AvgIpc) is 2.56. The summed E-state index contributed by atoms with van der Waals surface area (Å²) in [6.07, 6.45) is 4.68. The van der Waals surface area contributed by atoms with Crippen LogP contribution in [0.25, 0.3) is 0 Å². The number of imidazole rings is 1. The second kappa shape index (κ2) is 4.79. The zero-order chi connectivity index (χ0) is 10.6. The highest BCUT2D eigenvalue weighted by atomic mass is 16.3. The van der Waals surface area contributed by atoms with Crippen LogP contribution in [0.2, 0.25) is 0 Å². The molecule has 14 heavy (non-hydrogen) atoms. The van der Waals surface area contributed by atoms with Gasteiger partial charge < -0.3 is 5.11 Å². The van der Waals surface area contributed by atoms with Crippen molar-refractivity contribution in [3.63, 3.8) is 0 Å². The molecule has 4 heteroatoms. The van der Waals surface area contributed by atoms with Crippen LogP contribution in [-0.4, -0.2) is 17.0 Å². The molecule has 4 nitrogen and oxygen atoms in total. The third-order valence-electron chi connectivity index (χ3n) is 2.09. The molecule has 1 aromatic rings. The van der Waals surface area contributed by atoms with E-state index in [2.05, 4.69) is 4.99 Å². The Hall–Kier alpha value is -1.32. The van der Waals surface area contributed by atoms with E-state index < -0.39 is 0 Å². The van der Waals surface area contributed by atoms with Crippen LogP contribution < -0.4 is 9.67 Å². The van der Waals surface area contributed by atoms with Crippen molar-refractivity contribution < 1.29 is 9.67 Å². The van der Waals surface area contributed by atoms with Crippen LogP contribution in [0.15, 0.2) is 17.4 Å². The number of aryl methyl sites for hydroxylation is 2. The molecule has 0 radical (unpaired) electrons. The quantitative estimate of drug-likeness (QED) is 0.374. The van der Waals surface area contributed by atoms with E-state index in [0.717, 1.165) is 13.0 Å². The minimum absolute atomic E-state index is 0.124. The summed E-state index contributed by atoms with van der Waals surface area (Å²) in [6.45, 7) is 5.42. The molecule has 0 amide bonds. The summed E-state index contributed by atoms with van der Waals surface area (Å²) in [4.78, 5) is 3.97. The van der Waals surface area contributed by atoms with Gasteiger partial charge in [0.2, 0.25) is 0 Å². The normalized spacial score (nSPS) is 12.1. The Morgan fingerprint density at radius 2 is 2.29 bits per heavy atom. The van der Waals surface area contributed by atoms with Crippen molar-refractivity contribution in [2.45, 2.75) is 26.8 Å². The van der Waals surface area contributed by atoms with E-state index in [4.69, 9.17) is 0 Å². The van der Waals surface area contributed by atoms with Crippen LogP contribution in [0.1, 0.15) is 26.1 Å². The Kier molecular flexibility index (Phi) is 3.68. The number of nitrogens with zero attached hydrogens (tertiary/aromatic N) is 3. The van der Waals surface area contributed by atoms with E-state index in [0.29, 0.717) is 12.4 Å². The maximum atomic E-state index is 11.7. The van der Waals surface area contributed by atoms with Gasteiger partial charge in [0.15, 0.2) is 0 Å². The molecule has 0 saturated heterocycles. The monoisotopic (exact) mass is 195 g/mol. The standard InChI is InChI=1S/C10H17N3O/c1-4-6-11-9(14)10-12(3)7-8-13(10)5-2/h7-8H,4-6H2,1-3H3. The van der Waals surface area contributed by atoms with Crippen molar-refractivity contribution in [2.24, 2.45) is 12.0 Å². The van der Waals surface area contributed by atoms with Crippen LogP contribution in [0.5, 0.6) is 0 Å². The third kappa shape index (κ3) is 2.13. The molecule has 0 unspecified atom stereocenters. The molecule has 1 heterocycles. The van der Waals surface area contributed by atoms with E-state index in [1.54, 1.807) is 0 Å². The van der Waals surface area contributed by atoms with Crippen molar-refractivity contribution in [3.8, 4) is 0 Å². The minimum atomic E-state index is -0.124. The number of hydrogen-bond acceptors (Lipinski definition) is 2. The Bertz CT molecular complexity index is 328. The third-order valence-corrected chi connectivity index (χ3v) is 2.09. The Morgan fingerprint density at radius 3 is 2.86 bits per heavy atom. The molecule has 78 valence electrons. The van der Waals surface area contributed by atoms with Crippen molar-refractivity contribution >= 4 is 5.90 Å². The van der Waals surface area contributed by atoms with Gasteiger partial charge in [-0.25, -0.2) is 9.13 Å². The molecule has 1 rings (SSSR count). The Balaban J connectivity index is 2.98. The molecule has 0 aromatic carbocycles. The number of rotatable bonds is 4. The van der Waals surface area contributed by atoms with Gasteiger partial charge in [0.1, 0.15) is 12.4 Å². The van der Waals surface area contributed by atoms with Gasteiger partial charge in [0.25, 0.3) is 5.82 Å². The number of aliphatic imine (C=N–C) groups is 1. The van der Waals surface area contributed by atoms with Crippen molar-refractivity contribution in [1.29, 1.82) is 0 Å². The molecule has 0 aliphatic rings. The lowest BCUT2D eigenvalue weighted by Gasteiger charge is -2.07. The first-order chi connectivity index (χ1) is 6.70. The molecule has 0 N–H and O–H groups in total. The number of aromatic nitrogens is 2. The first kappa shape index (κ1) is 10.8. The summed E-state index contributed by atoms with van der Waals surface area (Å²) in [5, 5.41) is 11.7. The van der Waals surface area contributed by atoms with Crippen molar-refractivity contribution in [3.05, 3.63) is 18.2 Å². The lowest BCUT2D eigenvalue weighted by atomic mass is 10.5. The van der Waals surface area contributed by atoms with Gasteiger partial charge in [-0.15, -0.1) is 0 Å². The summed E-state index contributed by atoms with van der Waals surface area (Å²) < 4.78 is 3.71. The van der Waals surface area contributed by atoms with Crippen LogP contribution in [-0.2, 0) is 13.6 Å². The first-order valence-corrected chi connectivity index (χ1v) is 4.97. The van der Waals surface area contributed by atoms with Gasteiger partial charge in [-0.2, -0.15) is 0 Å². The molecule has 0 spiro atoms. The zero-order valence-corrected chi connectivity index (χ0v) is 9.03. The second-order valence-electron chi connectivity index (χ2n) is 3.21. The predicted octanol–water partition coefficient (Wildman–Crippen LogP) is -0.151. The topological polar surface area (TPSA) is 44.2 Å².